The second kappa shape index (κ2) is 10.4. The highest BCUT2D eigenvalue weighted by Gasteiger charge is 2.21. The number of benzene rings is 2. The van der Waals surface area contributed by atoms with Crippen LogP contribution in [0, 0.1) is 5.92 Å². The lowest BCUT2D eigenvalue weighted by atomic mass is 9.97. The van der Waals surface area contributed by atoms with Crippen molar-refractivity contribution < 1.29 is 13.9 Å². The number of piperidine rings is 1. The van der Waals surface area contributed by atoms with Gasteiger partial charge in [-0.1, -0.05) is 42.5 Å². The van der Waals surface area contributed by atoms with Crippen LogP contribution >= 0.6 is 0 Å². The van der Waals surface area contributed by atoms with Crippen LogP contribution in [-0.2, 0) is 17.9 Å². The molecule has 1 unspecified atom stereocenters. The van der Waals surface area contributed by atoms with Crippen molar-refractivity contribution >= 4 is 5.91 Å². The molecule has 4 rings (SSSR count). The SMILES string of the molecule is COCc1ccc(CN2CCCC(CNC(=O)c3ccc(-c4ccccc4)cc3)C2)o1. The van der Waals surface area contributed by atoms with E-state index in [1.54, 1.807) is 7.11 Å². The zero-order valence-electron chi connectivity index (χ0n) is 18.0. The second-order valence-electron chi connectivity index (χ2n) is 8.20. The van der Waals surface area contributed by atoms with Crippen LogP contribution in [0.4, 0.5) is 0 Å². The lowest BCUT2D eigenvalue weighted by Gasteiger charge is -2.32. The Morgan fingerprint density at radius 2 is 1.77 bits per heavy atom. The molecule has 1 aliphatic heterocycles. The molecule has 5 heteroatoms. The number of rotatable bonds is 8. The molecule has 2 aromatic carbocycles. The van der Waals surface area contributed by atoms with Crippen LogP contribution in [0.2, 0.25) is 0 Å². The summed E-state index contributed by atoms with van der Waals surface area (Å²) >= 11 is 0. The van der Waals surface area contributed by atoms with E-state index >= 15 is 0 Å². The maximum Gasteiger partial charge on any atom is 0.251 e. The van der Waals surface area contributed by atoms with Gasteiger partial charge in [0.2, 0.25) is 0 Å². The summed E-state index contributed by atoms with van der Waals surface area (Å²) in [4.78, 5) is 15.0. The van der Waals surface area contributed by atoms with Gasteiger partial charge < -0.3 is 14.5 Å². The normalized spacial score (nSPS) is 16.9. The van der Waals surface area contributed by atoms with Gasteiger partial charge in [0.15, 0.2) is 0 Å². The molecular weight excluding hydrogens is 388 g/mol. The smallest absolute Gasteiger partial charge is 0.251 e. The molecule has 1 atom stereocenters. The number of nitrogens with one attached hydrogen (secondary N) is 1. The second-order valence-corrected chi connectivity index (χ2v) is 8.20. The van der Waals surface area contributed by atoms with E-state index in [0.29, 0.717) is 24.6 Å². The number of hydrogen-bond acceptors (Lipinski definition) is 4. The van der Waals surface area contributed by atoms with Crippen LogP contribution in [0.5, 0.6) is 0 Å². The topological polar surface area (TPSA) is 54.7 Å². The predicted molar refractivity (Wildman–Crippen MR) is 122 cm³/mol. The summed E-state index contributed by atoms with van der Waals surface area (Å²) in [6, 6.07) is 22.0. The summed E-state index contributed by atoms with van der Waals surface area (Å²) in [6.07, 6.45) is 2.27. The van der Waals surface area contributed by atoms with Gasteiger partial charge in [0.1, 0.15) is 18.1 Å². The van der Waals surface area contributed by atoms with E-state index in [1.807, 2.05) is 54.6 Å². The van der Waals surface area contributed by atoms with Gasteiger partial charge in [-0.05, 0) is 60.7 Å². The third-order valence-corrected chi connectivity index (χ3v) is 5.79. The molecule has 1 aromatic heterocycles. The van der Waals surface area contributed by atoms with Crippen molar-refractivity contribution in [1.29, 1.82) is 0 Å². The van der Waals surface area contributed by atoms with Crippen LogP contribution in [0.25, 0.3) is 11.1 Å². The predicted octanol–water partition coefficient (Wildman–Crippen LogP) is 4.74. The first-order chi connectivity index (χ1) is 15.2. The number of amides is 1. The summed E-state index contributed by atoms with van der Waals surface area (Å²) in [5.74, 6) is 2.27. The first-order valence-electron chi connectivity index (χ1n) is 10.9. The fourth-order valence-corrected chi connectivity index (χ4v) is 4.19. The molecule has 0 bridgehead atoms. The fraction of sp³-hybridized carbons (Fsp3) is 0.346. The Morgan fingerprint density at radius 3 is 2.55 bits per heavy atom. The highest BCUT2D eigenvalue weighted by molar-refractivity contribution is 5.94. The van der Waals surface area contributed by atoms with Gasteiger partial charge in [0.25, 0.3) is 5.91 Å². The Labute approximate surface area is 184 Å². The van der Waals surface area contributed by atoms with Crippen molar-refractivity contribution in [1.82, 2.24) is 10.2 Å². The molecule has 3 aromatic rings. The van der Waals surface area contributed by atoms with Crippen molar-refractivity contribution in [2.45, 2.75) is 26.0 Å². The molecule has 1 fully saturated rings. The number of ether oxygens (including phenoxy) is 1. The van der Waals surface area contributed by atoms with E-state index in [0.717, 1.165) is 55.1 Å². The van der Waals surface area contributed by atoms with Crippen LogP contribution in [0.3, 0.4) is 0 Å². The Balaban J connectivity index is 1.26. The van der Waals surface area contributed by atoms with Crippen LogP contribution < -0.4 is 5.32 Å². The quantitative estimate of drug-likeness (QED) is 0.574. The number of furan rings is 1. The molecule has 0 aliphatic carbocycles. The summed E-state index contributed by atoms with van der Waals surface area (Å²) in [5.41, 5.74) is 2.97. The molecule has 0 saturated carbocycles. The molecule has 1 saturated heterocycles. The van der Waals surface area contributed by atoms with E-state index in [9.17, 15) is 4.79 Å². The molecule has 1 amide bonds. The molecule has 1 N–H and O–H groups in total. The van der Waals surface area contributed by atoms with E-state index in [4.69, 9.17) is 9.15 Å². The standard InChI is InChI=1S/C26H30N2O3/c1-30-19-25-14-13-24(31-25)18-28-15-5-6-20(17-28)16-27-26(29)23-11-9-22(10-12-23)21-7-3-2-4-8-21/h2-4,7-14,20H,5-6,15-19H2,1H3,(H,27,29). The molecule has 2 heterocycles. The van der Waals surface area contributed by atoms with Gasteiger partial charge in [-0.3, -0.25) is 9.69 Å². The van der Waals surface area contributed by atoms with E-state index in [2.05, 4.69) is 22.3 Å². The first-order valence-corrected chi connectivity index (χ1v) is 10.9. The van der Waals surface area contributed by atoms with Crippen molar-refractivity contribution in [2.75, 3.05) is 26.7 Å². The summed E-state index contributed by atoms with van der Waals surface area (Å²) < 4.78 is 10.9. The Bertz CT molecular complexity index is 966. The van der Waals surface area contributed by atoms with Gasteiger partial charge >= 0.3 is 0 Å². The summed E-state index contributed by atoms with van der Waals surface area (Å²) in [7, 11) is 1.67. The Morgan fingerprint density at radius 1 is 1.03 bits per heavy atom. The largest absolute Gasteiger partial charge is 0.462 e. The van der Waals surface area contributed by atoms with Gasteiger partial charge in [0, 0.05) is 25.8 Å². The minimum absolute atomic E-state index is 0.00743. The van der Waals surface area contributed by atoms with Crippen LogP contribution in [0.15, 0.2) is 71.1 Å². The third kappa shape index (κ3) is 5.84. The Hall–Kier alpha value is -2.89. The monoisotopic (exact) mass is 418 g/mol. The zero-order chi connectivity index (χ0) is 21.5. The highest BCUT2D eigenvalue weighted by Crippen LogP contribution is 2.21. The fourth-order valence-electron chi connectivity index (χ4n) is 4.19. The van der Waals surface area contributed by atoms with E-state index in [1.165, 1.54) is 0 Å². The van der Waals surface area contributed by atoms with Crippen molar-refractivity contribution in [3.63, 3.8) is 0 Å². The van der Waals surface area contributed by atoms with Gasteiger partial charge in [0.05, 0.1) is 6.54 Å². The number of carbonyl (C=O) groups excluding carboxylic acids is 1. The number of carbonyl (C=O) groups is 1. The van der Waals surface area contributed by atoms with Crippen molar-refractivity contribution in [2.24, 2.45) is 5.92 Å². The molecule has 31 heavy (non-hydrogen) atoms. The first kappa shape index (κ1) is 21.3. The lowest BCUT2D eigenvalue weighted by Crippen LogP contribution is -2.40. The van der Waals surface area contributed by atoms with E-state index in [-0.39, 0.29) is 5.91 Å². The number of nitrogens with zero attached hydrogens (tertiary/aromatic N) is 1. The summed E-state index contributed by atoms with van der Waals surface area (Å²) in [5, 5.41) is 3.13. The maximum absolute atomic E-state index is 12.6. The average Bonchev–Trinajstić information content (AvgIpc) is 3.25. The highest BCUT2D eigenvalue weighted by atomic mass is 16.5. The van der Waals surface area contributed by atoms with Gasteiger partial charge in [-0.2, -0.15) is 0 Å². The molecular formula is C26H30N2O3. The molecule has 5 nitrogen and oxygen atoms in total. The number of likely N-dealkylation sites (tertiary alicyclic amines) is 1. The van der Waals surface area contributed by atoms with Crippen LogP contribution in [0.1, 0.15) is 34.7 Å². The zero-order valence-corrected chi connectivity index (χ0v) is 18.0. The minimum Gasteiger partial charge on any atom is -0.462 e. The molecule has 0 spiro atoms. The third-order valence-electron chi connectivity index (χ3n) is 5.79. The molecule has 0 radical (unpaired) electrons. The maximum atomic E-state index is 12.6. The van der Waals surface area contributed by atoms with Crippen molar-refractivity contribution in [3.05, 3.63) is 83.8 Å². The van der Waals surface area contributed by atoms with Gasteiger partial charge in [-0.15, -0.1) is 0 Å². The number of methoxy groups -OCH3 is 1. The van der Waals surface area contributed by atoms with Crippen LogP contribution in [-0.4, -0.2) is 37.6 Å². The number of hydrogen-bond donors (Lipinski definition) is 1. The minimum atomic E-state index is -0.00743. The Kier molecular flexibility index (Phi) is 7.18. The lowest BCUT2D eigenvalue weighted by molar-refractivity contribution is 0.0927. The van der Waals surface area contributed by atoms with Crippen molar-refractivity contribution in [3.8, 4) is 11.1 Å². The average molecular weight is 419 g/mol. The molecule has 1 aliphatic rings. The van der Waals surface area contributed by atoms with Gasteiger partial charge in [-0.25, -0.2) is 0 Å². The van der Waals surface area contributed by atoms with E-state index < -0.39 is 0 Å². The summed E-state index contributed by atoms with van der Waals surface area (Å²) in [6.45, 7) is 4.03. The molecule has 162 valence electrons.